The third-order valence-electron chi connectivity index (χ3n) is 2.07. The Kier molecular flexibility index (Phi) is 6.74. The fourth-order valence-corrected chi connectivity index (χ4v) is 2.07. The normalized spacial score (nSPS) is 9.65. The lowest BCUT2D eigenvalue weighted by molar-refractivity contribution is -0.384. The van der Waals surface area contributed by atoms with Crippen molar-refractivity contribution in [3.05, 3.63) is 34.4 Å². The van der Waals surface area contributed by atoms with Gasteiger partial charge >= 0.3 is 0 Å². The van der Waals surface area contributed by atoms with E-state index in [1.807, 2.05) is 6.92 Å². The number of carbonyl (C=O) groups excluding carboxylic acids is 1. The molecule has 0 saturated carbocycles. The number of carbonyl (C=O) groups is 1. The number of thioether (sulfide) groups is 1. The van der Waals surface area contributed by atoms with Crippen molar-refractivity contribution in [2.45, 2.75) is 11.8 Å². The number of hydrazine groups is 1. The molecule has 1 aromatic carbocycles. The van der Waals surface area contributed by atoms with Crippen LogP contribution in [-0.2, 0) is 4.79 Å². The molecule has 0 heterocycles. The van der Waals surface area contributed by atoms with E-state index in [0.29, 0.717) is 11.7 Å². The van der Waals surface area contributed by atoms with E-state index in [4.69, 9.17) is 12.2 Å². The predicted molar refractivity (Wildman–Crippen MR) is 81.4 cm³/mol. The molecule has 20 heavy (non-hydrogen) atoms. The number of nitro benzene ring substituents is 1. The summed E-state index contributed by atoms with van der Waals surface area (Å²) in [5.41, 5.74) is 5.03. The summed E-state index contributed by atoms with van der Waals surface area (Å²) in [4.78, 5) is 22.3. The first-order chi connectivity index (χ1) is 9.52. The molecule has 7 nitrogen and oxygen atoms in total. The summed E-state index contributed by atoms with van der Waals surface area (Å²) >= 11 is 6.16. The Morgan fingerprint density at radius 1 is 1.35 bits per heavy atom. The minimum Gasteiger partial charge on any atom is -0.362 e. The maximum atomic E-state index is 11.5. The van der Waals surface area contributed by atoms with Crippen molar-refractivity contribution in [3.63, 3.8) is 0 Å². The molecule has 0 fully saturated rings. The first-order valence-corrected chi connectivity index (χ1v) is 7.12. The molecule has 0 aliphatic carbocycles. The summed E-state index contributed by atoms with van der Waals surface area (Å²) in [6.45, 7) is 2.56. The van der Waals surface area contributed by atoms with Crippen LogP contribution in [0.15, 0.2) is 29.2 Å². The van der Waals surface area contributed by atoms with Crippen molar-refractivity contribution in [2.75, 3.05) is 12.3 Å². The monoisotopic (exact) mass is 314 g/mol. The number of nitrogens with zero attached hydrogens (tertiary/aromatic N) is 1. The first kappa shape index (κ1) is 16.2. The molecular weight excluding hydrogens is 300 g/mol. The Balaban J connectivity index is 2.33. The summed E-state index contributed by atoms with van der Waals surface area (Å²) < 4.78 is 0. The third-order valence-corrected chi connectivity index (χ3v) is 3.33. The zero-order valence-electron chi connectivity index (χ0n) is 10.7. The van der Waals surface area contributed by atoms with Crippen molar-refractivity contribution < 1.29 is 9.72 Å². The zero-order valence-corrected chi connectivity index (χ0v) is 12.3. The lowest BCUT2D eigenvalue weighted by atomic mass is 10.3. The van der Waals surface area contributed by atoms with E-state index in [9.17, 15) is 14.9 Å². The van der Waals surface area contributed by atoms with Crippen molar-refractivity contribution in [2.24, 2.45) is 0 Å². The van der Waals surface area contributed by atoms with Crippen LogP contribution in [0.2, 0.25) is 0 Å². The highest BCUT2D eigenvalue weighted by Gasteiger charge is 2.06. The molecule has 0 spiro atoms. The average Bonchev–Trinajstić information content (AvgIpc) is 2.43. The Labute approximate surface area is 125 Å². The van der Waals surface area contributed by atoms with Gasteiger partial charge in [-0.1, -0.05) is 0 Å². The van der Waals surface area contributed by atoms with Crippen LogP contribution in [-0.4, -0.2) is 28.2 Å². The van der Waals surface area contributed by atoms with Gasteiger partial charge in [-0.05, 0) is 31.3 Å². The van der Waals surface area contributed by atoms with Crippen molar-refractivity contribution in [3.8, 4) is 0 Å². The quantitative estimate of drug-likeness (QED) is 0.325. The van der Waals surface area contributed by atoms with Crippen LogP contribution < -0.4 is 16.2 Å². The van der Waals surface area contributed by atoms with E-state index in [1.165, 1.54) is 23.9 Å². The maximum Gasteiger partial charge on any atom is 0.269 e. The smallest absolute Gasteiger partial charge is 0.269 e. The van der Waals surface area contributed by atoms with E-state index in [1.54, 1.807) is 12.1 Å². The van der Waals surface area contributed by atoms with Crippen LogP contribution in [0.3, 0.4) is 0 Å². The summed E-state index contributed by atoms with van der Waals surface area (Å²) in [7, 11) is 0. The van der Waals surface area contributed by atoms with Crippen LogP contribution >= 0.6 is 24.0 Å². The van der Waals surface area contributed by atoms with Crippen LogP contribution in [0.5, 0.6) is 0 Å². The van der Waals surface area contributed by atoms with E-state index in [0.717, 1.165) is 4.90 Å². The number of benzene rings is 1. The number of nitrogens with one attached hydrogen (secondary N) is 3. The molecule has 0 atom stereocenters. The largest absolute Gasteiger partial charge is 0.362 e. The van der Waals surface area contributed by atoms with Gasteiger partial charge < -0.3 is 5.32 Å². The highest BCUT2D eigenvalue weighted by molar-refractivity contribution is 8.00. The lowest BCUT2D eigenvalue weighted by Gasteiger charge is -2.09. The number of hydrogen-bond acceptors (Lipinski definition) is 5. The van der Waals surface area contributed by atoms with E-state index in [-0.39, 0.29) is 17.3 Å². The zero-order chi connectivity index (χ0) is 15.0. The minimum atomic E-state index is -0.466. The summed E-state index contributed by atoms with van der Waals surface area (Å²) in [6.07, 6.45) is 0. The molecule has 0 aromatic heterocycles. The van der Waals surface area contributed by atoms with Crippen molar-refractivity contribution >= 4 is 40.7 Å². The fraction of sp³-hybridized carbons (Fsp3) is 0.273. The van der Waals surface area contributed by atoms with E-state index in [2.05, 4.69) is 16.2 Å². The number of rotatable bonds is 5. The maximum absolute atomic E-state index is 11.5. The second-order valence-corrected chi connectivity index (χ2v) is 5.03. The Bertz CT molecular complexity index is 493. The van der Waals surface area contributed by atoms with Crippen LogP contribution in [0.4, 0.5) is 5.69 Å². The molecule has 0 aliphatic rings. The van der Waals surface area contributed by atoms with E-state index >= 15 is 0 Å². The molecule has 0 bridgehead atoms. The lowest BCUT2D eigenvalue weighted by Crippen LogP contribution is -2.47. The highest BCUT2D eigenvalue weighted by Crippen LogP contribution is 2.20. The summed E-state index contributed by atoms with van der Waals surface area (Å²) in [5.74, 6) is -0.0619. The number of non-ortho nitro benzene ring substituents is 1. The topological polar surface area (TPSA) is 96.3 Å². The molecule has 1 amide bonds. The average molecular weight is 314 g/mol. The molecule has 1 rings (SSSR count). The second-order valence-electron chi connectivity index (χ2n) is 3.57. The summed E-state index contributed by atoms with van der Waals surface area (Å²) in [5, 5.41) is 13.7. The fourth-order valence-electron chi connectivity index (χ4n) is 1.18. The molecule has 0 saturated heterocycles. The predicted octanol–water partition coefficient (Wildman–Crippen LogP) is 1.20. The van der Waals surface area contributed by atoms with Crippen LogP contribution in [0.1, 0.15) is 6.92 Å². The first-order valence-electron chi connectivity index (χ1n) is 5.73. The van der Waals surface area contributed by atoms with Gasteiger partial charge in [-0.15, -0.1) is 11.8 Å². The molecular formula is C11H14N4O3S2. The van der Waals surface area contributed by atoms with Gasteiger partial charge in [0.2, 0.25) is 5.91 Å². The molecule has 3 N–H and O–H groups in total. The van der Waals surface area contributed by atoms with Gasteiger partial charge in [0, 0.05) is 23.6 Å². The van der Waals surface area contributed by atoms with Gasteiger partial charge in [0.15, 0.2) is 5.11 Å². The molecule has 1 aromatic rings. The molecule has 9 heteroatoms. The molecule has 0 unspecified atom stereocenters. The molecule has 108 valence electrons. The number of thiocarbonyl (C=S) groups is 1. The number of nitro groups is 1. The Hall–Kier alpha value is -1.87. The SMILES string of the molecule is CCNC(=S)NNC(=O)CSc1ccc([N+](=O)[O-])cc1. The van der Waals surface area contributed by atoms with Gasteiger partial charge in [-0.2, -0.15) is 0 Å². The Morgan fingerprint density at radius 3 is 2.55 bits per heavy atom. The Morgan fingerprint density at radius 2 is 2.00 bits per heavy atom. The molecule has 0 aliphatic heterocycles. The third kappa shape index (κ3) is 5.85. The van der Waals surface area contributed by atoms with Gasteiger partial charge in [0.25, 0.3) is 5.69 Å². The van der Waals surface area contributed by atoms with Gasteiger partial charge in [-0.3, -0.25) is 25.8 Å². The summed E-state index contributed by atoms with van der Waals surface area (Å²) in [6, 6.07) is 6.01. The van der Waals surface area contributed by atoms with Crippen molar-refractivity contribution in [1.82, 2.24) is 16.2 Å². The van der Waals surface area contributed by atoms with E-state index < -0.39 is 4.92 Å². The van der Waals surface area contributed by atoms with Gasteiger partial charge in [-0.25, -0.2) is 0 Å². The standard InChI is InChI=1S/C11H14N4O3S2/c1-2-12-11(19)14-13-10(16)7-20-9-5-3-8(4-6-9)15(17)18/h3-6H,2,7H2,1H3,(H,13,16)(H2,12,14,19). The highest BCUT2D eigenvalue weighted by atomic mass is 32.2. The van der Waals surface area contributed by atoms with Crippen molar-refractivity contribution in [1.29, 1.82) is 0 Å². The van der Waals surface area contributed by atoms with Gasteiger partial charge in [0.05, 0.1) is 10.7 Å². The van der Waals surface area contributed by atoms with Gasteiger partial charge in [0.1, 0.15) is 0 Å². The number of hydrogen-bond donors (Lipinski definition) is 3. The van der Waals surface area contributed by atoms with Crippen LogP contribution in [0, 0.1) is 10.1 Å². The molecule has 0 radical (unpaired) electrons. The second kappa shape index (κ2) is 8.33. The van der Waals surface area contributed by atoms with Crippen LogP contribution in [0.25, 0.3) is 0 Å². The number of amides is 1. The minimum absolute atomic E-state index is 0.0245.